The third-order valence-electron chi connectivity index (χ3n) is 6.80. The Hall–Kier alpha value is -2.88. The number of rotatable bonds is 11. The summed E-state index contributed by atoms with van der Waals surface area (Å²) in [5.74, 6) is -1.10. The van der Waals surface area contributed by atoms with E-state index in [0.29, 0.717) is 23.6 Å². The molecule has 198 valence electrons. The Morgan fingerprint density at radius 1 is 1.24 bits per heavy atom. The number of aliphatic carboxylic acids is 1. The largest absolute Gasteiger partial charge is 0.481 e. The minimum Gasteiger partial charge on any atom is -0.481 e. The molecule has 37 heavy (non-hydrogen) atoms. The van der Waals surface area contributed by atoms with E-state index in [4.69, 9.17) is 33.0 Å². The highest BCUT2D eigenvalue weighted by Crippen LogP contribution is 2.48. The molecule has 0 radical (unpaired) electrons. The van der Waals surface area contributed by atoms with E-state index >= 15 is 0 Å². The average molecular weight is 549 g/mol. The number of amides is 2. The lowest BCUT2D eigenvalue weighted by molar-refractivity contribution is -0.139. The fourth-order valence-electron chi connectivity index (χ4n) is 5.00. The molecule has 1 spiro atoms. The number of carboxylic acids is 1. The van der Waals surface area contributed by atoms with E-state index in [1.165, 1.54) is 12.3 Å². The number of hydrogen-bond acceptors (Lipinski definition) is 6. The summed E-state index contributed by atoms with van der Waals surface area (Å²) in [6.07, 6.45) is 3.00. The predicted molar refractivity (Wildman–Crippen MR) is 139 cm³/mol. The second kappa shape index (κ2) is 11.7. The van der Waals surface area contributed by atoms with E-state index in [9.17, 15) is 14.4 Å². The summed E-state index contributed by atoms with van der Waals surface area (Å²) < 4.78 is 5.68. The number of benzene rings is 1. The molecule has 1 saturated carbocycles. The van der Waals surface area contributed by atoms with Crippen molar-refractivity contribution >= 4 is 41.0 Å². The maximum Gasteiger partial charge on any atom is 0.304 e. The molecule has 3 N–H and O–H groups in total. The van der Waals surface area contributed by atoms with Crippen LogP contribution in [0.4, 0.5) is 0 Å². The molecule has 11 heteroatoms. The molecule has 2 aromatic rings. The van der Waals surface area contributed by atoms with Crippen LogP contribution in [0.1, 0.15) is 48.5 Å². The van der Waals surface area contributed by atoms with Gasteiger partial charge in [-0.3, -0.25) is 14.4 Å². The third-order valence-corrected chi connectivity index (χ3v) is 7.28. The summed E-state index contributed by atoms with van der Waals surface area (Å²) in [6.45, 7) is 4.42. The molecular formula is C26H30Cl2N4O5. The second-order valence-electron chi connectivity index (χ2n) is 9.81. The van der Waals surface area contributed by atoms with E-state index in [-0.39, 0.29) is 47.1 Å². The molecule has 0 bridgehead atoms. The fraction of sp³-hybridized carbons (Fsp3) is 0.462. The average Bonchev–Trinajstić information content (AvgIpc) is 2.82. The fourth-order valence-corrected chi connectivity index (χ4v) is 5.42. The number of halogens is 2. The van der Waals surface area contributed by atoms with Gasteiger partial charge in [0.25, 0.3) is 11.8 Å². The summed E-state index contributed by atoms with van der Waals surface area (Å²) in [6, 6.07) is 8.76. The molecule has 2 heterocycles. The van der Waals surface area contributed by atoms with Crippen molar-refractivity contribution in [3.8, 4) is 5.88 Å². The number of aromatic nitrogens is 1. The normalized spacial score (nSPS) is 17.4. The van der Waals surface area contributed by atoms with Crippen LogP contribution in [0.25, 0.3) is 0 Å². The quantitative estimate of drug-likeness (QED) is 0.392. The summed E-state index contributed by atoms with van der Waals surface area (Å²) in [4.78, 5) is 42.4. The Morgan fingerprint density at radius 3 is 2.68 bits per heavy atom. The van der Waals surface area contributed by atoms with Gasteiger partial charge in [0.1, 0.15) is 5.02 Å². The SMILES string of the molecule is CCC(Oc1ncc(Cl)cc1Cl)C(=O)NCc1cccc(C(=O)NC2CC3(C2)CN(CCC(=O)O)C3)c1. The lowest BCUT2D eigenvalue weighted by atomic mass is 9.60. The van der Waals surface area contributed by atoms with Gasteiger partial charge in [-0.05, 0) is 48.4 Å². The second-order valence-corrected chi connectivity index (χ2v) is 10.7. The highest BCUT2D eigenvalue weighted by atomic mass is 35.5. The van der Waals surface area contributed by atoms with Crippen molar-refractivity contribution in [1.82, 2.24) is 20.5 Å². The molecule has 4 rings (SSSR count). The van der Waals surface area contributed by atoms with Crippen LogP contribution in [0, 0.1) is 5.41 Å². The molecule has 1 atom stereocenters. The van der Waals surface area contributed by atoms with Crippen LogP contribution in [-0.2, 0) is 16.1 Å². The van der Waals surface area contributed by atoms with Gasteiger partial charge >= 0.3 is 5.97 Å². The monoisotopic (exact) mass is 548 g/mol. The zero-order valence-corrected chi connectivity index (χ0v) is 22.0. The van der Waals surface area contributed by atoms with Gasteiger partial charge in [-0.15, -0.1) is 0 Å². The number of carboxylic acid groups (broad SMARTS) is 1. The summed E-state index contributed by atoms with van der Waals surface area (Å²) in [5, 5.41) is 15.3. The van der Waals surface area contributed by atoms with Gasteiger partial charge in [-0.1, -0.05) is 42.3 Å². The Bertz CT molecular complexity index is 1160. The number of ether oxygens (including phenoxy) is 1. The number of likely N-dealkylation sites (tertiary alicyclic amines) is 1. The number of nitrogens with zero attached hydrogens (tertiary/aromatic N) is 2. The van der Waals surface area contributed by atoms with Crippen LogP contribution < -0.4 is 15.4 Å². The lowest BCUT2D eigenvalue weighted by Crippen LogP contribution is -2.66. The molecule has 1 saturated heterocycles. The van der Waals surface area contributed by atoms with E-state index in [0.717, 1.165) is 31.5 Å². The molecule has 2 aliphatic rings. The first-order chi connectivity index (χ1) is 17.7. The Labute approximate surface area is 225 Å². The molecule has 1 unspecified atom stereocenters. The number of carbonyl (C=O) groups excluding carboxylic acids is 2. The maximum absolute atomic E-state index is 12.8. The van der Waals surface area contributed by atoms with Crippen LogP contribution >= 0.6 is 23.2 Å². The zero-order valence-electron chi connectivity index (χ0n) is 20.5. The van der Waals surface area contributed by atoms with Gasteiger partial charge in [-0.2, -0.15) is 0 Å². The van der Waals surface area contributed by atoms with Crippen LogP contribution in [-0.4, -0.2) is 64.6 Å². The first-order valence-corrected chi connectivity index (χ1v) is 13.0. The van der Waals surface area contributed by atoms with Crippen molar-refractivity contribution in [2.75, 3.05) is 19.6 Å². The predicted octanol–water partition coefficient (Wildman–Crippen LogP) is 3.53. The van der Waals surface area contributed by atoms with Gasteiger partial charge in [0.15, 0.2) is 6.10 Å². The van der Waals surface area contributed by atoms with Gasteiger partial charge < -0.3 is 25.4 Å². The van der Waals surface area contributed by atoms with Gasteiger partial charge in [0.05, 0.1) is 11.4 Å². The Balaban J connectivity index is 1.23. The summed E-state index contributed by atoms with van der Waals surface area (Å²) in [7, 11) is 0. The van der Waals surface area contributed by atoms with E-state index < -0.39 is 12.1 Å². The third kappa shape index (κ3) is 6.91. The molecule has 1 aromatic carbocycles. The van der Waals surface area contributed by atoms with Crippen molar-refractivity contribution in [3.63, 3.8) is 0 Å². The lowest BCUT2D eigenvalue weighted by Gasteiger charge is -2.59. The number of hydrogen-bond donors (Lipinski definition) is 3. The summed E-state index contributed by atoms with van der Waals surface area (Å²) >= 11 is 12.0. The van der Waals surface area contributed by atoms with E-state index in [1.807, 2.05) is 13.0 Å². The maximum atomic E-state index is 12.8. The highest BCUT2D eigenvalue weighted by Gasteiger charge is 2.52. The minimum absolute atomic E-state index is 0.119. The summed E-state index contributed by atoms with van der Waals surface area (Å²) in [5.41, 5.74) is 1.54. The number of pyridine rings is 1. The van der Waals surface area contributed by atoms with Gasteiger partial charge in [0.2, 0.25) is 5.88 Å². The molecule has 2 fully saturated rings. The van der Waals surface area contributed by atoms with Crippen molar-refractivity contribution in [3.05, 3.63) is 57.7 Å². The van der Waals surface area contributed by atoms with Crippen molar-refractivity contribution < 1.29 is 24.2 Å². The van der Waals surface area contributed by atoms with Crippen LogP contribution in [0.2, 0.25) is 10.0 Å². The van der Waals surface area contributed by atoms with Crippen LogP contribution in [0.3, 0.4) is 0 Å². The molecule has 1 aliphatic carbocycles. The van der Waals surface area contributed by atoms with E-state index in [1.54, 1.807) is 18.2 Å². The molecular weight excluding hydrogens is 519 g/mol. The molecule has 1 aromatic heterocycles. The number of carbonyl (C=O) groups is 3. The highest BCUT2D eigenvalue weighted by molar-refractivity contribution is 6.35. The number of nitrogens with one attached hydrogen (secondary N) is 2. The van der Waals surface area contributed by atoms with Crippen molar-refractivity contribution in [1.29, 1.82) is 0 Å². The molecule has 2 amide bonds. The Kier molecular flexibility index (Phi) is 8.56. The zero-order chi connectivity index (χ0) is 26.6. The standard InChI is InChI=1S/C26H30Cl2N4O5/c1-2-21(37-25-20(28)9-18(27)13-30-25)24(36)29-12-16-4-3-5-17(8-16)23(35)31-19-10-26(11-19)14-32(15-26)7-6-22(33)34/h3-5,8-9,13,19,21H,2,6-7,10-12,14-15H2,1H3,(H,29,36)(H,31,35)(H,33,34). The first-order valence-electron chi connectivity index (χ1n) is 12.3. The van der Waals surface area contributed by atoms with Crippen LogP contribution in [0.5, 0.6) is 5.88 Å². The van der Waals surface area contributed by atoms with Gasteiger partial charge in [0, 0.05) is 44.0 Å². The molecule has 9 nitrogen and oxygen atoms in total. The van der Waals surface area contributed by atoms with Crippen molar-refractivity contribution in [2.24, 2.45) is 5.41 Å². The minimum atomic E-state index is -0.782. The van der Waals surface area contributed by atoms with Crippen molar-refractivity contribution in [2.45, 2.75) is 51.3 Å². The van der Waals surface area contributed by atoms with E-state index in [2.05, 4.69) is 20.5 Å². The van der Waals surface area contributed by atoms with Gasteiger partial charge in [-0.25, -0.2) is 4.98 Å². The molecule has 1 aliphatic heterocycles. The first kappa shape index (κ1) is 27.2. The Morgan fingerprint density at radius 2 is 2.00 bits per heavy atom. The topological polar surface area (TPSA) is 121 Å². The van der Waals surface area contributed by atoms with Crippen LogP contribution in [0.15, 0.2) is 36.5 Å². The smallest absolute Gasteiger partial charge is 0.304 e.